The molecule has 0 atom stereocenters. The minimum Gasteiger partial charge on any atom is -0.273 e. The van der Waals surface area contributed by atoms with Crippen LogP contribution in [0.3, 0.4) is 0 Å². The number of rotatable bonds is 4. The highest BCUT2D eigenvalue weighted by Gasteiger charge is 2.14. The van der Waals surface area contributed by atoms with Crippen molar-refractivity contribution in [3.63, 3.8) is 0 Å². The van der Waals surface area contributed by atoms with Crippen LogP contribution in [0.2, 0.25) is 0 Å². The summed E-state index contributed by atoms with van der Waals surface area (Å²) in [5.74, 6) is -0.548. The van der Waals surface area contributed by atoms with Crippen molar-refractivity contribution < 1.29 is 13.2 Å². The molecule has 0 saturated heterocycles. The van der Waals surface area contributed by atoms with Gasteiger partial charge in [0.05, 0.1) is 0 Å². The first kappa shape index (κ1) is 12.6. The predicted molar refractivity (Wildman–Crippen MR) is 57.4 cm³/mol. The molecule has 16 heavy (non-hydrogen) atoms. The highest BCUT2D eigenvalue weighted by atomic mass is 32.2. The van der Waals surface area contributed by atoms with E-state index in [4.69, 9.17) is 0 Å². The van der Waals surface area contributed by atoms with Crippen molar-refractivity contribution in [2.24, 2.45) is 0 Å². The summed E-state index contributed by atoms with van der Waals surface area (Å²) in [7, 11) is -0.969. The Hall–Kier alpha value is -1.51. The molecule has 0 aliphatic heterocycles. The maximum absolute atomic E-state index is 11.4. The Kier molecular flexibility index (Phi) is 3.93. The molecule has 0 radical (unpaired) electrons. The third kappa shape index (κ3) is 3.26. The van der Waals surface area contributed by atoms with Crippen LogP contribution in [0.15, 0.2) is 24.5 Å². The van der Waals surface area contributed by atoms with Crippen LogP contribution in [0.4, 0.5) is 0 Å². The van der Waals surface area contributed by atoms with E-state index < -0.39 is 16.1 Å². The zero-order chi connectivity index (χ0) is 12.2. The van der Waals surface area contributed by atoms with Gasteiger partial charge in [0.15, 0.2) is 0 Å². The number of amides is 1. The van der Waals surface area contributed by atoms with Crippen LogP contribution in [0.1, 0.15) is 10.4 Å². The van der Waals surface area contributed by atoms with Crippen LogP contribution in [0, 0.1) is 0 Å². The van der Waals surface area contributed by atoms with Crippen molar-refractivity contribution in [2.45, 2.75) is 0 Å². The molecule has 0 saturated carbocycles. The normalized spacial score (nSPS) is 11.4. The Bertz CT molecular complexity index is 457. The van der Waals surface area contributed by atoms with Crippen LogP contribution in [0.5, 0.6) is 0 Å². The molecule has 88 valence electrons. The zero-order valence-corrected chi connectivity index (χ0v) is 9.65. The second-order valence-corrected chi connectivity index (χ2v) is 4.96. The Balaban J connectivity index is 2.62. The van der Waals surface area contributed by atoms with Crippen molar-refractivity contribution in [3.8, 4) is 0 Å². The zero-order valence-electron chi connectivity index (χ0n) is 8.84. The Morgan fingerprint density at radius 1 is 1.31 bits per heavy atom. The fraction of sp³-hybridized carbons (Fsp3) is 0.250. The average molecular weight is 244 g/mol. The number of aromatic nitrogens is 1. The lowest BCUT2D eigenvalue weighted by Gasteiger charge is -2.12. The van der Waals surface area contributed by atoms with Gasteiger partial charge in [0.2, 0.25) is 0 Å². The monoisotopic (exact) mass is 244 g/mol. The third-order valence-electron chi connectivity index (χ3n) is 1.72. The molecular weight excluding hydrogens is 232 g/mol. The van der Waals surface area contributed by atoms with Gasteiger partial charge < -0.3 is 0 Å². The number of nitrogens with zero attached hydrogens (tertiary/aromatic N) is 2. The van der Waals surface area contributed by atoms with E-state index in [0.717, 1.165) is 4.31 Å². The quantitative estimate of drug-likeness (QED) is 0.673. The second-order valence-electron chi connectivity index (χ2n) is 3.08. The molecule has 0 aromatic carbocycles. The van der Waals surface area contributed by atoms with Gasteiger partial charge >= 0.3 is 0 Å². The molecule has 8 heteroatoms. The maximum Gasteiger partial charge on any atom is 0.295 e. The topological polar surface area (TPSA) is 91.4 Å². The van der Waals surface area contributed by atoms with Gasteiger partial charge in [-0.15, -0.1) is 4.83 Å². The van der Waals surface area contributed by atoms with Gasteiger partial charge in [-0.1, -0.05) is 0 Å². The highest BCUT2D eigenvalue weighted by Crippen LogP contribution is 1.95. The van der Waals surface area contributed by atoms with E-state index >= 15 is 0 Å². The molecule has 0 aliphatic carbocycles. The summed E-state index contributed by atoms with van der Waals surface area (Å²) in [5, 5.41) is 0. The molecule has 1 amide bonds. The number of pyridine rings is 1. The van der Waals surface area contributed by atoms with Crippen molar-refractivity contribution in [1.82, 2.24) is 19.5 Å². The summed E-state index contributed by atoms with van der Waals surface area (Å²) in [6, 6.07) is 2.94. The van der Waals surface area contributed by atoms with Crippen molar-refractivity contribution >= 4 is 16.1 Å². The van der Waals surface area contributed by atoms with Crippen molar-refractivity contribution in [3.05, 3.63) is 30.1 Å². The summed E-state index contributed by atoms with van der Waals surface area (Å²) < 4.78 is 23.5. The molecule has 1 heterocycles. The number of hydrogen-bond donors (Lipinski definition) is 2. The summed E-state index contributed by atoms with van der Waals surface area (Å²) in [6.07, 6.45) is 2.88. The summed E-state index contributed by atoms with van der Waals surface area (Å²) in [6.45, 7) is 0. The fourth-order valence-electron chi connectivity index (χ4n) is 0.778. The lowest BCUT2D eigenvalue weighted by molar-refractivity contribution is 0.0944. The van der Waals surface area contributed by atoms with E-state index in [2.05, 4.69) is 10.4 Å². The number of carbonyl (C=O) groups excluding carboxylic acids is 1. The SMILES string of the molecule is CN(C)S(=O)(=O)NNC(=O)c1ccncc1. The van der Waals surface area contributed by atoms with Crippen LogP contribution >= 0.6 is 0 Å². The van der Waals surface area contributed by atoms with Gasteiger partial charge in [-0.3, -0.25) is 15.2 Å². The Morgan fingerprint density at radius 2 is 1.88 bits per heavy atom. The number of nitrogens with one attached hydrogen (secondary N) is 2. The standard InChI is InChI=1S/C8H12N4O3S/c1-12(2)16(14,15)11-10-8(13)7-3-5-9-6-4-7/h3-6,11H,1-2H3,(H,10,13). The fourth-order valence-corrected chi connectivity index (χ4v) is 1.18. The number of hydrogen-bond acceptors (Lipinski definition) is 4. The minimum atomic E-state index is -3.67. The summed E-state index contributed by atoms with van der Waals surface area (Å²) in [5.41, 5.74) is 2.39. The van der Waals surface area contributed by atoms with Crippen molar-refractivity contribution in [1.29, 1.82) is 0 Å². The first-order valence-corrected chi connectivity index (χ1v) is 5.77. The molecule has 0 bridgehead atoms. The molecule has 1 aromatic rings. The average Bonchev–Trinajstić information content (AvgIpc) is 2.27. The molecule has 1 aromatic heterocycles. The molecule has 0 fully saturated rings. The van der Waals surface area contributed by atoms with Crippen LogP contribution in [-0.2, 0) is 10.2 Å². The molecule has 0 spiro atoms. The van der Waals surface area contributed by atoms with E-state index in [1.165, 1.54) is 38.6 Å². The second kappa shape index (κ2) is 5.01. The van der Waals surface area contributed by atoms with Gasteiger partial charge in [0.1, 0.15) is 0 Å². The van der Waals surface area contributed by atoms with E-state index in [0.29, 0.717) is 5.56 Å². The maximum atomic E-state index is 11.4. The summed E-state index contributed by atoms with van der Waals surface area (Å²) in [4.78, 5) is 17.1. The van der Waals surface area contributed by atoms with Crippen LogP contribution in [0.25, 0.3) is 0 Å². The van der Waals surface area contributed by atoms with E-state index in [-0.39, 0.29) is 0 Å². The lowest BCUT2D eigenvalue weighted by Crippen LogP contribution is -2.46. The third-order valence-corrected chi connectivity index (χ3v) is 3.04. The summed E-state index contributed by atoms with van der Waals surface area (Å²) >= 11 is 0. The minimum absolute atomic E-state index is 0.316. The molecular formula is C8H12N4O3S. The largest absolute Gasteiger partial charge is 0.295 e. The van der Waals surface area contributed by atoms with Gasteiger partial charge in [-0.05, 0) is 12.1 Å². The predicted octanol–water partition coefficient (Wildman–Crippen LogP) is -0.878. The van der Waals surface area contributed by atoms with Crippen LogP contribution < -0.4 is 10.3 Å². The molecule has 2 N–H and O–H groups in total. The Morgan fingerprint density at radius 3 is 2.38 bits per heavy atom. The van der Waals surface area contributed by atoms with Gasteiger partial charge in [0, 0.05) is 32.1 Å². The van der Waals surface area contributed by atoms with Crippen LogP contribution in [-0.4, -0.2) is 37.7 Å². The number of hydrazine groups is 1. The highest BCUT2D eigenvalue weighted by molar-refractivity contribution is 7.87. The van der Waals surface area contributed by atoms with Gasteiger partial charge in [-0.25, -0.2) is 0 Å². The van der Waals surface area contributed by atoms with Gasteiger partial charge in [-0.2, -0.15) is 12.7 Å². The first-order chi connectivity index (χ1) is 7.43. The Labute approximate surface area is 93.6 Å². The van der Waals surface area contributed by atoms with Crippen molar-refractivity contribution in [2.75, 3.05) is 14.1 Å². The molecule has 0 unspecified atom stereocenters. The van der Waals surface area contributed by atoms with Gasteiger partial charge in [0.25, 0.3) is 16.1 Å². The van der Waals surface area contributed by atoms with E-state index in [9.17, 15) is 13.2 Å². The molecule has 0 aliphatic rings. The lowest BCUT2D eigenvalue weighted by atomic mass is 10.3. The smallest absolute Gasteiger partial charge is 0.273 e. The van der Waals surface area contributed by atoms with E-state index in [1.54, 1.807) is 0 Å². The molecule has 1 rings (SSSR count). The van der Waals surface area contributed by atoms with E-state index in [1.807, 2.05) is 4.83 Å². The molecule has 7 nitrogen and oxygen atoms in total. The first-order valence-electron chi connectivity index (χ1n) is 4.33. The number of carbonyl (C=O) groups is 1.